The molecule has 13 heavy (non-hydrogen) atoms. The van der Waals surface area contributed by atoms with Crippen molar-refractivity contribution in [2.24, 2.45) is 4.99 Å². The molecular formula is C9H7NO3. The van der Waals surface area contributed by atoms with Crippen LogP contribution in [0.1, 0.15) is 0 Å². The van der Waals surface area contributed by atoms with E-state index in [9.17, 15) is 4.79 Å². The summed E-state index contributed by atoms with van der Waals surface area (Å²) in [6.45, 7) is 1.15. The maximum absolute atomic E-state index is 11.4. The van der Waals surface area contributed by atoms with Gasteiger partial charge in [0, 0.05) is 0 Å². The van der Waals surface area contributed by atoms with Crippen LogP contribution in [0.3, 0.4) is 0 Å². The Morgan fingerprint density at radius 2 is 2.00 bits per heavy atom. The number of hydrogen-bond donors (Lipinski definition) is 0. The molecule has 3 rings (SSSR count). The van der Waals surface area contributed by atoms with Gasteiger partial charge in [0.2, 0.25) is 5.60 Å². The number of rotatable bonds is 0. The second-order valence-corrected chi connectivity index (χ2v) is 3.28. The van der Waals surface area contributed by atoms with E-state index in [0.29, 0.717) is 13.2 Å². The summed E-state index contributed by atoms with van der Waals surface area (Å²) in [5.41, 5.74) is 1.19. The molecule has 66 valence electrons. The number of aliphatic imine (C=N–C) groups is 1. The Bertz CT molecular complexity index is 358. The zero-order chi connectivity index (χ0) is 8.89. The minimum absolute atomic E-state index is 0.248. The van der Waals surface area contributed by atoms with E-state index >= 15 is 0 Å². The molecular weight excluding hydrogens is 170 g/mol. The van der Waals surface area contributed by atoms with Gasteiger partial charge < -0.3 is 9.47 Å². The molecule has 0 bridgehead atoms. The number of amides is 1. The van der Waals surface area contributed by atoms with Crippen LogP contribution in [0.15, 0.2) is 28.3 Å². The van der Waals surface area contributed by atoms with Gasteiger partial charge in [0.15, 0.2) is 6.40 Å². The van der Waals surface area contributed by atoms with E-state index in [4.69, 9.17) is 9.47 Å². The van der Waals surface area contributed by atoms with Crippen molar-refractivity contribution in [1.29, 1.82) is 0 Å². The smallest absolute Gasteiger partial charge is 0.300 e. The van der Waals surface area contributed by atoms with E-state index in [-0.39, 0.29) is 5.91 Å². The molecule has 3 aliphatic rings. The molecule has 0 aromatic rings. The highest BCUT2D eigenvalue weighted by Gasteiger charge is 2.45. The van der Waals surface area contributed by atoms with Crippen LogP contribution in [0, 0.1) is 0 Å². The van der Waals surface area contributed by atoms with Crippen molar-refractivity contribution in [3.8, 4) is 0 Å². The highest BCUT2D eigenvalue weighted by Crippen LogP contribution is 2.36. The lowest BCUT2D eigenvalue weighted by Gasteiger charge is -2.13. The molecule has 0 saturated carbocycles. The number of carbonyl (C=O) groups excluding carboxylic acids is 1. The minimum Gasteiger partial charge on any atom is -0.458 e. The number of carbonyl (C=O) groups is 1. The molecule has 0 N–H and O–H groups in total. The van der Waals surface area contributed by atoms with Crippen LogP contribution in [0.2, 0.25) is 0 Å². The van der Waals surface area contributed by atoms with Crippen LogP contribution < -0.4 is 0 Å². The van der Waals surface area contributed by atoms with Crippen LogP contribution in [-0.4, -0.2) is 31.1 Å². The first-order valence-electron chi connectivity index (χ1n) is 4.06. The molecule has 4 nitrogen and oxygen atoms in total. The Morgan fingerprint density at radius 1 is 1.31 bits per heavy atom. The average molecular weight is 177 g/mol. The lowest BCUT2D eigenvalue weighted by molar-refractivity contribution is -0.124. The number of fused-ring (bicyclic) bond motifs is 1. The van der Waals surface area contributed by atoms with Crippen molar-refractivity contribution in [2.75, 3.05) is 13.2 Å². The monoisotopic (exact) mass is 177 g/mol. The highest BCUT2D eigenvalue weighted by molar-refractivity contribution is 6.00. The number of ether oxygens (including phenoxy) is 2. The molecule has 0 radical (unpaired) electrons. The summed E-state index contributed by atoms with van der Waals surface area (Å²) in [4.78, 5) is 15.0. The Hall–Kier alpha value is -1.42. The fourth-order valence-electron chi connectivity index (χ4n) is 1.79. The summed E-state index contributed by atoms with van der Waals surface area (Å²) in [6, 6.07) is 0. The zero-order valence-corrected chi connectivity index (χ0v) is 6.82. The quantitative estimate of drug-likeness (QED) is 0.531. The third kappa shape index (κ3) is 0.781. The third-order valence-electron chi connectivity index (χ3n) is 2.46. The van der Waals surface area contributed by atoms with Crippen LogP contribution in [0.5, 0.6) is 0 Å². The topological polar surface area (TPSA) is 47.9 Å². The predicted octanol–water partition coefficient (Wildman–Crippen LogP) is 0.207. The number of nitrogens with zero attached hydrogens (tertiary/aromatic N) is 1. The van der Waals surface area contributed by atoms with Crippen LogP contribution in [-0.2, 0) is 14.3 Å². The lowest BCUT2D eigenvalue weighted by atomic mass is 10.1. The fraction of sp³-hybridized carbons (Fsp3) is 0.333. The molecule has 2 heterocycles. The molecule has 1 saturated heterocycles. The van der Waals surface area contributed by atoms with Gasteiger partial charge in [-0.3, -0.25) is 4.79 Å². The van der Waals surface area contributed by atoms with Gasteiger partial charge >= 0.3 is 5.91 Å². The Kier molecular flexibility index (Phi) is 1.13. The van der Waals surface area contributed by atoms with Gasteiger partial charge in [0.05, 0.1) is 13.2 Å². The molecule has 1 fully saturated rings. The van der Waals surface area contributed by atoms with Crippen LogP contribution >= 0.6 is 0 Å². The van der Waals surface area contributed by atoms with Crippen LogP contribution in [0.4, 0.5) is 0 Å². The normalized spacial score (nSPS) is 27.5. The number of hydrogen-bond acceptors (Lipinski definition) is 3. The Morgan fingerprint density at radius 3 is 2.54 bits per heavy atom. The van der Waals surface area contributed by atoms with E-state index in [1.807, 2.05) is 0 Å². The van der Waals surface area contributed by atoms with Gasteiger partial charge in [-0.25, -0.2) is 0 Å². The average Bonchev–Trinajstić information content (AvgIpc) is 2.69. The second-order valence-electron chi connectivity index (χ2n) is 3.28. The first-order chi connectivity index (χ1) is 6.30. The Balaban J connectivity index is 2.07. The van der Waals surface area contributed by atoms with E-state index in [1.165, 1.54) is 6.40 Å². The molecule has 1 amide bonds. The van der Waals surface area contributed by atoms with Gasteiger partial charge in [-0.1, -0.05) is 0 Å². The maximum atomic E-state index is 11.4. The van der Waals surface area contributed by atoms with Crippen molar-refractivity contribution in [3.63, 3.8) is 0 Å². The molecule has 2 aliphatic heterocycles. The molecule has 1 aliphatic carbocycles. The zero-order valence-electron chi connectivity index (χ0n) is 6.82. The van der Waals surface area contributed by atoms with Crippen molar-refractivity contribution in [1.82, 2.24) is 0 Å². The summed E-state index contributed by atoms with van der Waals surface area (Å²) in [5, 5.41) is 0. The largest absolute Gasteiger partial charge is 0.458 e. The van der Waals surface area contributed by atoms with Gasteiger partial charge in [-0.05, 0) is 23.3 Å². The third-order valence-corrected chi connectivity index (χ3v) is 2.46. The van der Waals surface area contributed by atoms with E-state index in [1.54, 1.807) is 12.2 Å². The summed E-state index contributed by atoms with van der Waals surface area (Å²) in [5.74, 6) is -0.248. The molecule has 0 unspecified atom stereocenters. The SMILES string of the molecule is O=C1N=COC12C=C1COCC1=C2. The first kappa shape index (κ1) is 7.03. The summed E-state index contributed by atoms with van der Waals surface area (Å²) < 4.78 is 10.4. The summed E-state index contributed by atoms with van der Waals surface area (Å²) >= 11 is 0. The molecule has 0 aromatic heterocycles. The van der Waals surface area contributed by atoms with Crippen LogP contribution in [0.25, 0.3) is 0 Å². The maximum Gasteiger partial charge on any atom is 0.300 e. The van der Waals surface area contributed by atoms with Gasteiger partial charge in [0.25, 0.3) is 0 Å². The van der Waals surface area contributed by atoms with E-state index in [2.05, 4.69) is 4.99 Å². The van der Waals surface area contributed by atoms with E-state index < -0.39 is 5.60 Å². The summed E-state index contributed by atoms with van der Waals surface area (Å²) in [6.07, 6.45) is 4.80. The highest BCUT2D eigenvalue weighted by atomic mass is 16.5. The summed E-state index contributed by atoms with van der Waals surface area (Å²) in [7, 11) is 0. The molecule has 0 aromatic carbocycles. The van der Waals surface area contributed by atoms with E-state index in [0.717, 1.165) is 11.1 Å². The molecule has 0 atom stereocenters. The van der Waals surface area contributed by atoms with Crippen molar-refractivity contribution >= 4 is 12.3 Å². The lowest BCUT2D eigenvalue weighted by Crippen LogP contribution is -2.30. The van der Waals surface area contributed by atoms with Gasteiger partial charge in [-0.2, -0.15) is 4.99 Å². The molecule has 1 spiro atoms. The predicted molar refractivity (Wildman–Crippen MR) is 44.3 cm³/mol. The van der Waals surface area contributed by atoms with Crippen molar-refractivity contribution in [3.05, 3.63) is 23.3 Å². The fourth-order valence-corrected chi connectivity index (χ4v) is 1.79. The second kappa shape index (κ2) is 2.09. The standard InChI is InChI=1S/C9H7NO3/c11-8-9(13-5-10-8)1-6-3-12-4-7(6)2-9/h1-2,5H,3-4H2. The first-order valence-corrected chi connectivity index (χ1v) is 4.06. The van der Waals surface area contributed by atoms with Crippen molar-refractivity contribution in [2.45, 2.75) is 5.60 Å². The van der Waals surface area contributed by atoms with Crippen molar-refractivity contribution < 1.29 is 14.3 Å². The molecule has 4 heteroatoms. The minimum atomic E-state index is -0.922. The Labute approximate surface area is 74.5 Å². The van der Waals surface area contributed by atoms with Gasteiger partial charge in [0.1, 0.15) is 0 Å². The van der Waals surface area contributed by atoms with Gasteiger partial charge in [-0.15, -0.1) is 0 Å².